The molecule has 8 nitrogen and oxygen atoms in total. The third-order valence-corrected chi connectivity index (χ3v) is 6.68. The van der Waals surface area contributed by atoms with Crippen molar-refractivity contribution in [3.8, 4) is 0 Å². The van der Waals surface area contributed by atoms with E-state index in [-0.39, 0.29) is 31.1 Å². The van der Waals surface area contributed by atoms with E-state index in [9.17, 15) is 22.8 Å². The third kappa shape index (κ3) is 4.87. The van der Waals surface area contributed by atoms with Crippen molar-refractivity contribution in [3.63, 3.8) is 0 Å². The van der Waals surface area contributed by atoms with Crippen molar-refractivity contribution < 1.29 is 18.0 Å². The predicted molar refractivity (Wildman–Crippen MR) is 129 cm³/mol. The first-order valence-electron chi connectivity index (χ1n) is 12.1. The molecule has 0 radical (unpaired) electrons. The lowest BCUT2D eigenvalue weighted by molar-refractivity contribution is -0.136. The summed E-state index contributed by atoms with van der Waals surface area (Å²) in [5.74, 6) is 0.671. The minimum Gasteiger partial charge on any atom is -0.343 e. The molecule has 0 spiro atoms. The van der Waals surface area contributed by atoms with Gasteiger partial charge in [-0.05, 0) is 37.5 Å². The Kier molecular flexibility index (Phi) is 6.55. The van der Waals surface area contributed by atoms with Crippen molar-refractivity contribution in [2.75, 3.05) is 13.1 Å². The number of rotatable bonds is 9. The fourth-order valence-electron chi connectivity index (χ4n) is 4.97. The maximum atomic E-state index is 13.5. The number of aromatic nitrogens is 5. The van der Waals surface area contributed by atoms with E-state index in [0.29, 0.717) is 42.8 Å². The number of fused-ring (bicyclic) bond motifs is 2. The minimum absolute atomic E-state index is 0.0791. The number of benzene rings is 1. The van der Waals surface area contributed by atoms with Crippen LogP contribution in [0.2, 0.25) is 0 Å². The molecule has 0 N–H and O–H groups in total. The van der Waals surface area contributed by atoms with Crippen molar-refractivity contribution >= 4 is 28.0 Å². The van der Waals surface area contributed by atoms with Gasteiger partial charge < -0.3 is 9.47 Å². The molecule has 190 valence electrons. The van der Waals surface area contributed by atoms with Crippen LogP contribution in [0.3, 0.4) is 0 Å². The van der Waals surface area contributed by atoms with Gasteiger partial charge in [-0.25, -0.2) is 9.78 Å². The van der Waals surface area contributed by atoms with Gasteiger partial charge in [-0.15, -0.1) is 0 Å². The molecule has 4 heterocycles. The lowest BCUT2D eigenvalue weighted by Gasteiger charge is -2.15. The van der Waals surface area contributed by atoms with Crippen LogP contribution < -0.4 is 5.69 Å². The molecule has 1 aliphatic rings. The Morgan fingerprint density at radius 1 is 0.889 bits per heavy atom. The Hall–Kier alpha value is -3.63. The van der Waals surface area contributed by atoms with Gasteiger partial charge in [-0.2, -0.15) is 13.2 Å². The van der Waals surface area contributed by atoms with Gasteiger partial charge in [0.2, 0.25) is 5.91 Å². The van der Waals surface area contributed by atoms with Gasteiger partial charge in [0.25, 0.3) is 0 Å². The molecule has 5 rings (SSSR count). The summed E-state index contributed by atoms with van der Waals surface area (Å²) >= 11 is 0. The molecule has 11 heteroatoms. The largest absolute Gasteiger partial charge is 0.389 e. The van der Waals surface area contributed by atoms with E-state index >= 15 is 0 Å². The number of nitrogens with zero attached hydrogens (tertiary/aromatic N) is 6. The summed E-state index contributed by atoms with van der Waals surface area (Å²) in [6.45, 7) is 2.05. The molecule has 36 heavy (non-hydrogen) atoms. The Balaban J connectivity index is 1.44. The van der Waals surface area contributed by atoms with Crippen LogP contribution in [-0.4, -0.2) is 53.7 Å². The second kappa shape index (κ2) is 9.79. The minimum atomic E-state index is -4.23. The van der Waals surface area contributed by atoms with Crippen molar-refractivity contribution in [1.29, 1.82) is 0 Å². The number of para-hydroxylation sites is 2. The molecule has 1 saturated heterocycles. The van der Waals surface area contributed by atoms with Crippen LogP contribution in [0.5, 0.6) is 0 Å². The Morgan fingerprint density at radius 3 is 2.47 bits per heavy atom. The van der Waals surface area contributed by atoms with Gasteiger partial charge in [0.05, 0.1) is 34.8 Å². The van der Waals surface area contributed by atoms with E-state index in [1.807, 2.05) is 29.2 Å². The Morgan fingerprint density at radius 2 is 1.69 bits per heavy atom. The van der Waals surface area contributed by atoms with Crippen LogP contribution in [0.25, 0.3) is 22.1 Å². The van der Waals surface area contributed by atoms with E-state index in [1.165, 1.54) is 0 Å². The first kappa shape index (κ1) is 24.1. The zero-order valence-corrected chi connectivity index (χ0v) is 19.7. The fraction of sp³-hybridized carbons (Fsp3) is 0.440. The number of alkyl halides is 3. The van der Waals surface area contributed by atoms with Gasteiger partial charge >= 0.3 is 11.9 Å². The van der Waals surface area contributed by atoms with E-state index in [1.54, 1.807) is 32.2 Å². The number of carbonyl (C=O) groups is 1. The molecule has 1 aliphatic heterocycles. The maximum Gasteiger partial charge on any atom is 0.389 e. The van der Waals surface area contributed by atoms with Crippen LogP contribution in [-0.2, 0) is 24.4 Å². The summed E-state index contributed by atoms with van der Waals surface area (Å²) in [7, 11) is 0. The van der Waals surface area contributed by atoms with Gasteiger partial charge in [-0.1, -0.05) is 12.1 Å². The lowest BCUT2D eigenvalue weighted by atomic mass is 10.2. The molecule has 3 aromatic heterocycles. The number of aryl methyl sites for hydroxylation is 2. The van der Waals surface area contributed by atoms with Crippen LogP contribution in [0.15, 0.2) is 47.5 Å². The van der Waals surface area contributed by atoms with Crippen molar-refractivity contribution in [1.82, 2.24) is 28.6 Å². The quantitative estimate of drug-likeness (QED) is 0.349. The maximum absolute atomic E-state index is 13.5. The molecule has 1 aromatic carbocycles. The Bertz CT molecular complexity index is 1450. The number of amides is 1. The average molecular weight is 501 g/mol. The van der Waals surface area contributed by atoms with Crippen LogP contribution in [0.4, 0.5) is 13.2 Å². The van der Waals surface area contributed by atoms with Crippen LogP contribution in [0, 0.1) is 0 Å². The van der Waals surface area contributed by atoms with Crippen molar-refractivity contribution in [2.24, 2.45) is 0 Å². The second-order valence-electron chi connectivity index (χ2n) is 9.11. The molecule has 0 saturated carbocycles. The summed E-state index contributed by atoms with van der Waals surface area (Å²) in [5.41, 5.74) is 2.53. The van der Waals surface area contributed by atoms with Crippen molar-refractivity contribution in [3.05, 3.63) is 59.0 Å². The van der Waals surface area contributed by atoms with Gasteiger partial charge in [0, 0.05) is 45.2 Å². The van der Waals surface area contributed by atoms with Gasteiger partial charge in [0.1, 0.15) is 5.82 Å². The number of imidazole rings is 2. The second-order valence-corrected chi connectivity index (χ2v) is 9.11. The summed E-state index contributed by atoms with van der Waals surface area (Å²) in [5, 5.41) is 0. The zero-order valence-electron chi connectivity index (χ0n) is 19.7. The fourth-order valence-corrected chi connectivity index (χ4v) is 4.97. The normalized spacial score (nSPS) is 14.5. The number of likely N-dealkylation sites (tertiary alicyclic amines) is 1. The number of halogens is 3. The summed E-state index contributed by atoms with van der Waals surface area (Å²) in [6, 6.07) is 9.06. The Labute approximate surface area is 205 Å². The average Bonchev–Trinajstić information content (AvgIpc) is 3.49. The molecule has 1 amide bonds. The summed E-state index contributed by atoms with van der Waals surface area (Å²) in [6.07, 6.45) is 0.136. The van der Waals surface area contributed by atoms with E-state index in [0.717, 1.165) is 24.0 Å². The number of hydrogen-bond donors (Lipinski definition) is 0. The highest BCUT2D eigenvalue weighted by molar-refractivity contribution is 5.78. The molecule has 0 unspecified atom stereocenters. The SMILES string of the molecule is O=C1CCCN1CCCn1c(=O)n(Cc2nc3ccccc3n2CCCC(F)(F)F)c2cnccc21. The number of pyridine rings is 1. The molecule has 0 bridgehead atoms. The van der Waals surface area contributed by atoms with E-state index in [4.69, 9.17) is 0 Å². The molecule has 0 aliphatic carbocycles. The molecule has 1 fully saturated rings. The number of carbonyl (C=O) groups excluding carboxylic acids is 1. The predicted octanol–water partition coefficient (Wildman–Crippen LogP) is 3.95. The topological polar surface area (TPSA) is 78.0 Å². The highest BCUT2D eigenvalue weighted by Crippen LogP contribution is 2.24. The lowest BCUT2D eigenvalue weighted by Crippen LogP contribution is -2.29. The smallest absolute Gasteiger partial charge is 0.343 e. The summed E-state index contributed by atoms with van der Waals surface area (Å²) < 4.78 is 43.4. The van der Waals surface area contributed by atoms with E-state index in [2.05, 4.69) is 9.97 Å². The highest BCUT2D eigenvalue weighted by Gasteiger charge is 2.27. The highest BCUT2D eigenvalue weighted by atomic mass is 19.4. The monoisotopic (exact) mass is 500 g/mol. The molecule has 4 aromatic rings. The van der Waals surface area contributed by atoms with Gasteiger partial charge in [-0.3, -0.25) is 18.9 Å². The van der Waals surface area contributed by atoms with E-state index < -0.39 is 12.6 Å². The zero-order chi connectivity index (χ0) is 25.3. The first-order chi connectivity index (χ1) is 17.3. The first-order valence-corrected chi connectivity index (χ1v) is 12.1. The molecular formula is C25H27F3N6O2. The third-order valence-electron chi connectivity index (χ3n) is 6.68. The number of hydrogen-bond acceptors (Lipinski definition) is 4. The standard InChI is InChI=1S/C25H27F3N6O2/c26-25(27,28)10-4-14-32-19-7-2-1-6-18(19)30-22(32)17-34-21-16-29-11-9-20(21)33(24(34)36)15-5-13-31-12-3-8-23(31)35/h1-2,6-7,9,11,16H,3-5,8,10,12-15,17H2. The van der Waals surface area contributed by atoms with Gasteiger partial charge in [0.15, 0.2) is 0 Å². The van der Waals surface area contributed by atoms with Crippen LogP contribution >= 0.6 is 0 Å². The van der Waals surface area contributed by atoms with Crippen molar-refractivity contribution in [2.45, 2.75) is 57.9 Å². The molecule has 0 atom stereocenters. The summed E-state index contributed by atoms with van der Waals surface area (Å²) in [4.78, 5) is 36.1. The molecular weight excluding hydrogens is 473 g/mol. The van der Waals surface area contributed by atoms with Crippen LogP contribution in [0.1, 0.15) is 37.9 Å².